The molecule has 0 saturated carbocycles. The van der Waals surface area contributed by atoms with Gasteiger partial charge in [0.2, 0.25) is 0 Å². The van der Waals surface area contributed by atoms with Gasteiger partial charge in [-0.2, -0.15) is 0 Å². The lowest BCUT2D eigenvalue weighted by atomic mass is 9.84. The van der Waals surface area contributed by atoms with Crippen LogP contribution in [-0.2, 0) is 4.79 Å². The highest BCUT2D eigenvalue weighted by atomic mass is 19.1. The second-order valence-corrected chi connectivity index (χ2v) is 5.95. The van der Waals surface area contributed by atoms with Gasteiger partial charge < -0.3 is 10.4 Å². The minimum Gasteiger partial charge on any atom is -0.481 e. The van der Waals surface area contributed by atoms with Crippen molar-refractivity contribution in [2.75, 3.05) is 0 Å². The zero-order valence-electron chi connectivity index (χ0n) is 12.2. The number of hydrogen-bond acceptors (Lipinski definition) is 2. The molecule has 0 aliphatic heterocycles. The van der Waals surface area contributed by atoms with Crippen LogP contribution in [0.3, 0.4) is 0 Å². The highest BCUT2D eigenvalue weighted by Crippen LogP contribution is 2.22. The average Bonchev–Trinajstić information content (AvgIpc) is 2.25. The summed E-state index contributed by atoms with van der Waals surface area (Å²) in [5, 5.41) is 11.6. The number of carbonyl (C=O) groups excluding carboxylic acids is 1. The topological polar surface area (TPSA) is 66.4 Å². The molecule has 0 aromatic heterocycles. The van der Waals surface area contributed by atoms with Gasteiger partial charge in [0.25, 0.3) is 5.91 Å². The summed E-state index contributed by atoms with van der Waals surface area (Å²) in [7, 11) is 0. The number of halogens is 1. The van der Waals surface area contributed by atoms with Gasteiger partial charge in [-0.1, -0.05) is 20.8 Å². The lowest BCUT2D eigenvalue weighted by Gasteiger charge is -2.30. The Hall–Kier alpha value is -1.91. The molecule has 0 aliphatic rings. The summed E-state index contributed by atoms with van der Waals surface area (Å²) in [4.78, 5) is 23.1. The summed E-state index contributed by atoms with van der Waals surface area (Å²) in [6.07, 6.45) is -0.157. The molecule has 0 saturated heterocycles. The van der Waals surface area contributed by atoms with Crippen molar-refractivity contribution in [2.24, 2.45) is 5.41 Å². The summed E-state index contributed by atoms with van der Waals surface area (Å²) < 4.78 is 13.0. The smallest absolute Gasteiger partial charge is 0.305 e. The number of rotatable bonds is 4. The van der Waals surface area contributed by atoms with Gasteiger partial charge in [-0.05, 0) is 36.1 Å². The minimum atomic E-state index is -0.971. The third kappa shape index (κ3) is 4.33. The largest absolute Gasteiger partial charge is 0.481 e. The third-order valence-electron chi connectivity index (χ3n) is 3.16. The Morgan fingerprint density at radius 3 is 2.40 bits per heavy atom. The number of hydrogen-bond donors (Lipinski definition) is 2. The molecular formula is C15H20FNO3. The molecule has 0 aliphatic carbocycles. The van der Waals surface area contributed by atoms with Gasteiger partial charge in [0.05, 0.1) is 6.42 Å². The Morgan fingerprint density at radius 2 is 1.95 bits per heavy atom. The van der Waals surface area contributed by atoms with Crippen LogP contribution < -0.4 is 5.32 Å². The van der Waals surface area contributed by atoms with Crippen LogP contribution in [0.1, 0.15) is 43.1 Å². The zero-order chi connectivity index (χ0) is 15.5. The first-order valence-corrected chi connectivity index (χ1v) is 6.40. The fourth-order valence-electron chi connectivity index (χ4n) is 1.87. The summed E-state index contributed by atoms with van der Waals surface area (Å²) in [5.41, 5.74) is 0.485. The summed E-state index contributed by atoms with van der Waals surface area (Å²) in [5.74, 6) is -1.76. The van der Waals surface area contributed by atoms with E-state index in [-0.39, 0.29) is 17.7 Å². The second kappa shape index (κ2) is 6.03. The first-order valence-electron chi connectivity index (χ1n) is 6.40. The number of benzene rings is 1. The Morgan fingerprint density at radius 1 is 1.35 bits per heavy atom. The van der Waals surface area contributed by atoms with Gasteiger partial charge >= 0.3 is 5.97 Å². The second-order valence-electron chi connectivity index (χ2n) is 5.95. The number of nitrogens with one attached hydrogen (secondary N) is 1. The molecule has 1 amide bonds. The quantitative estimate of drug-likeness (QED) is 0.891. The van der Waals surface area contributed by atoms with E-state index in [9.17, 15) is 14.0 Å². The molecule has 0 heterocycles. The van der Waals surface area contributed by atoms with E-state index in [1.54, 1.807) is 6.92 Å². The van der Waals surface area contributed by atoms with Crippen molar-refractivity contribution in [3.8, 4) is 0 Å². The van der Waals surface area contributed by atoms with Crippen LogP contribution in [0.2, 0.25) is 0 Å². The Bertz CT molecular complexity index is 520. The van der Waals surface area contributed by atoms with E-state index in [1.165, 1.54) is 18.2 Å². The molecule has 1 rings (SSSR count). The Labute approximate surface area is 118 Å². The maximum absolute atomic E-state index is 13.0. The van der Waals surface area contributed by atoms with E-state index in [2.05, 4.69) is 5.32 Å². The molecule has 110 valence electrons. The highest BCUT2D eigenvalue weighted by molar-refractivity contribution is 5.96. The minimum absolute atomic E-state index is 0.157. The van der Waals surface area contributed by atoms with Gasteiger partial charge in [0.1, 0.15) is 5.82 Å². The van der Waals surface area contributed by atoms with Crippen molar-refractivity contribution in [2.45, 2.75) is 40.2 Å². The molecular weight excluding hydrogens is 261 g/mol. The van der Waals surface area contributed by atoms with Crippen LogP contribution in [0.4, 0.5) is 4.39 Å². The lowest BCUT2D eigenvalue weighted by molar-refractivity contribution is -0.138. The van der Waals surface area contributed by atoms with Crippen LogP contribution >= 0.6 is 0 Å². The van der Waals surface area contributed by atoms with Crippen LogP contribution in [-0.4, -0.2) is 23.0 Å². The fraction of sp³-hybridized carbons (Fsp3) is 0.467. The Balaban J connectivity index is 2.93. The van der Waals surface area contributed by atoms with Crippen molar-refractivity contribution in [3.63, 3.8) is 0 Å². The lowest BCUT2D eigenvalue weighted by Crippen LogP contribution is -2.45. The van der Waals surface area contributed by atoms with Crippen LogP contribution in [0.5, 0.6) is 0 Å². The average molecular weight is 281 g/mol. The van der Waals surface area contributed by atoms with E-state index in [0.717, 1.165) is 0 Å². The zero-order valence-corrected chi connectivity index (χ0v) is 12.2. The number of aliphatic carboxylic acids is 1. The number of amides is 1. The standard InChI is InChI=1S/C15H20FNO3/c1-9-7-10(16)5-6-11(9)14(20)17-12(8-13(18)19)15(2,3)4/h5-7,12H,8H2,1-4H3,(H,17,20)(H,18,19). The van der Waals surface area contributed by atoms with E-state index in [1.807, 2.05) is 20.8 Å². The molecule has 0 fully saturated rings. The van der Waals surface area contributed by atoms with E-state index in [4.69, 9.17) is 5.11 Å². The first-order chi connectivity index (χ1) is 9.11. The molecule has 20 heavy (non-hydrogen) atoms. The van der Waals surface area contributed by atoms with Gasteiger partial charge in [-0.15, -0.1) is 0 Å². The van der Waals surface area contributed by atoms with Gasteiger partial charge in [0.15, 0.2) is 0 Å². The maximum atomic E-state index is 13.0. The fourth-order valence-corrected chi connectivity index (χ4v) is 1.87. The van der Waals surface area contributed by atoms with Gasteiger partial charge in [-0.25, -0.2) is 4.39 Å². The maximum Gasteiger partial charge on any atom is 0.305 e. The molecule has 2 N–H and O–H groups in total. The van der Waals surface area contributed by atoms with Gasteiger partial charge in [0, 0.05) is 11.6 Å². The summed E-state index contributed by atoms with van der Waals surface area (Å²) >= 11 is 0. The summed E-state index contributed by atoms with van der Waals surface area (Å²) in [6.45, 7) is 7.22. The molecule has 1 aromatic carbocycles. The highest BCUT2D eigenvalue weighted by Gasteiger charge is 2.29. The van der Waals surface area contributed by atoms with Crippen LogP contribution in [0, 0.1) is 18.2 Å². The van der Waals surface area contributed by atoms with Crippen LogP contribution in [0.15, 0.2) is 18.2 Å². The van der Waals surface area contributed by atoms with Crippen molar-refractivity contribution >= 4 is 11.9 Å². The predicted molar refractivity (Wildman–Crippen MR) is 74.1 cm³/mol. The monoisotopic (exact) mass is 281 g/mol. The van der Waals surface area contributed by atoms with E-state index >= 15 is 0 Å². The predicted octanol–water partition coefficient (Wildman–Crippen LogP) is 2.75. The molecule has 4 nitrogen and oxygen atoms in total. The SMILES string of the molecule is Cc1cc(F)ccc1C(=O)NC(CC(=O)O)C(C)(C)C. The normalized spacial score (nSPS) is 12.8. The number of carboxylic acids is 1. The molecule has 1 atom stereocenters. The number of carboxylic acid groups (broad SMARTS) is 1. The molecule has 5 heteroatoms. The third-order valence-corrected chi connectivity index (χ3v) is 3.16. The van der Waals surface area contributed by atoms with Crippen molar-refractivity contribution in [1.29, 1.82) is 0 Å². The van der Waals surface area contributed by atoms with E-state index in [0.29, 0.717) is 11.1 Å². The molecule has 1 unspecified atom stereocenters. The first kappa shape index (κ1) is 16.1. The van der Waals surface area contributed by atoms with Crippen molar-refractivity contribution in [3.05, 3.63) is 35.1 Å². The molecule has 1 aromatic rings. The summed E-state index contributed by atoms with van der Waals surface area (Å²) in [6, 6.07) is 3.39. The Kier molecular flexibility index (Phi) is 4.87. The number of aryl methyl sites for hydroxylation is 1. The van der Waals surface area contributed by atoms with E-state index < -0.39 is 17.8 Å². The molecule has 0 spiro atoms. The van der Waals surface area contributed by atoms with Crippen LogP contribution in [0.25, 0.3) is 0 Å². The van der Waals surface area contributed by atoms with Crippen molar-refractivity contribution in [1.82, 2.24) is 5.32 Å². The van der Waals surface area contributed by atoms with Gasteiger partial charge in [-0.3, -0.25) is 9.59 Å². The number of carbonyl (C=O) groups is 2. The molecule has 0 radical (unpaired) electrons. The molecule has 0 bridgehead atoms. The van der Waals surface area contributed by atoms with Crippen molar-refractivity contribution < 1.29 is 19.1 Å².